The lowest BCUT2D eigenvalue weighted by atomic mass is 9.97. The van der Waals surface area contributed by atoms with Gasteiger partial charge in [0.05, 0.1) is 16.3 Å². The Labute approximate surface area is 230 Å². The first-order chi connectivity index (χ1) is 19.1. The number of aromatic nitrogens is 4. The largest absolute Gasteiger partial charge is 0.341 e. The van der Waals surface area contributed by atoms with Gasteiger partial charge in [0.15, 0.2) is 0 Å². The molecule has 3 aromatic heterocycles. The van der Waals surface area contributed by atoms with E-state index in [0.29, 0.717) is 22.5 Å². The van der Waals surface area contributed by atoms with Gasteiger partial charge in [-0.05, 0) is 66.2 Å². The first-order valence-corrected chi connectivity index (χ1v) is 13.8. The quantitative estimate of drug-likeness (QED) is 0.331. The van der Waals surface area contributed by atoms with Gasteiger partial charge in [-0.15, -0.1) is 0 Å². The number of thioether (sulfide) groups is 1. The summed E-state index contributed by atoms with van der Waals surface area (Å²) < 4.78 is 0. The van der Waals surface area contributed by atoms with Crippen molar-refractivity contribution in [3.63, 3.8) is 0 Å². The topological polar surface area (TPSA) is 113 Å². The Kier molecular flexibility index (Phi) is 7.29. The summed E-state index contributed by atoms with van der Waals surface area (Å²) in [5.74, 6) is 0.843. The summed E-state index contributed by atoms with van der Waals surface area (Å²) in [4.78, 5) is 43.9. The van der Waals surface area contributed by atoms with Crippen LogP contribution in [-0.2, 0) is 11.3 Å². The maximum absolute atomic E-state index is 11.8. The molecule has 2 aliphatic rings. The van der Waals surface area contributed by atoms with Crippen molar-refractivity contribution >= 4 is 45.7 Å². The van der Waals surface area contributed by atoms with Gasteiger partial charge in [-0.25, -0.2) is 9.97 Å². The number of hydrogen-bond donors (Lipinski definition) is 2. The SMILES string of the molecule is O=C1NC(=O)/C(=C\c2ccnc(N3CCC(CNCc4ccc(-c5cncc6ccccc56)nc4)CC3)n2)S1. The number of imide groups is 1. The second kappa shape index (κ2) is 11.3. The van der Waals surface area contributed by atoms with Crippen LogP contribution in [0.3, 0.4) is 0 Å². The molecule has 4 aromatic rings. The van der Waals surface area contributed by atoms with Gasteiger partial charge in [0.25, 0.3) is 11.1 Å². The highest BCUT2D eigenvalue weighted by molar-refractivity contribution is 8.18. The summed E-state index contributed by atoms with van der Waals surface area (Å²) in [6.45, 7) is 3.45. The number of benzene rings is 1. The number of anilines is 1. The monoisotopic (exact) mass is 537 g/mol. The van der Waals surface area contributed by atoms with Crippen molar-refractivity contribution in [3.05, 3.63) is 83.4 Å². The average Bonchev–Trinajstić information content (AvgIpc) is 3.29. The van der Waals surface area contributed by atoms with Crippen molar-refractivity contribution in [2.45, 2.75) is 19.4 Å². The molecule has 196 valence electrons. The zero-order valence-electron chi connectivity index (χ0n) is 21.2. The molecule has 1 aromatic carbocycles. The van der Waals surface area contributed by atoms with Crippen molar-refractivity contribution in [2.75, 3.05) is 24.5 Å². The van der Waals surface area contributed by atoms with E-state index < -0.39 is 0 Å². The summed E-state index contributed by atoms with van der Waals surface area (Å²) in [6, 6.07) is 14.2. The Bertz CT molecular complexity index is 1540. The number of nitrogens with zero attached hydrogens (tertiary/aromatic N) is 5. The van der Waals surface area contributed by atoms with Gasteiger partial charge in [-0.1, -0.05) is 30.3 Å². The van der Waals surface area contributed by atoms with E-state index in [9.17, 15) is 9.59 Å². The predicted molar refractivity (Wildman–Crippen MR) is 153 cm³/mol. The number of nitrogens with one attached hydrogen (secondary N) is 2. The van der Waals surface area contributed by atoms with Gasteiger partial charge in [0.2, 0.25) is 5.95 Å². The third kappa shape index (κ3) is 5.81. The summed E-state index contributed by atoms with van der Waals surface area (Å²) in [5.41, 5.74) is 3.74. The molecule has 0 bridgehead atoms. The van der Waals surface area contributed by atoms with Gasteiger partial charge < -0.3 is 10.2 Å². The molecule has 9 nitrogen and oxygen atoms in total. The third-order valence-electron chi connectivity index (χ3n) is 7.01. The van der Waals surface area contributed by atoms with E-state index in [2.05, 4.69) is 54.8 Å². The van der Waals surface area contributed by atoms with Crippen LogP contribution in [0.4, 0.5) is 10.7 Å². The second-order valence-electron chi connectivity index (χ2n) is 9.65. The van der Waals surface area contributed by atoms with Crippen LogP contribution in [0, 0.1) is 5.92 Å². The molecule has 5 heterocycles. The fourth-order valence-corrected chi connectivity index (χ4v) is 5.58. The van der Waals surface area contributed by atoms with Crippen LogP contribution >= 0.6 is 11.8 Å². The lowest BCUT2D eigenvalue weighted by Crippen LogP contribution is -2.38. The molecule has 10 heteroatoms. The number of hydrogen-bond acceptors (Lipinski definition) is 9. The molecular formula is C29H27N7O2S. The highest BCUT2D eigenvalue weighted by atomic mass is 32.2. The van der Waals surface area contributed by atoms with Crippen LogP contribution in [0.25, 0.3) is 28.1 Å². The van der Waals surface area contributed by atoms with E-state index >= 15 is 0 Å². The molecule has 2 fully saturated rings. The minimum absolute atomic E-state index is 0.352. The van der Waals surface area contributed by atoms with Crippen molar-refractivity contribution in [2.24, 2.45) is 5.92 Å². The number of piperidine rings is 1. The summed E-state index contributed by atoms with van der Waals surface area (Å²) in [7, 11) is 0. The average molecular weight is 538 g/mol. The van der Waals surface area contributed by atoms with Crippen LogP contribution in [0.15, 0.2) is 72.2 Å². The number of amides is 2. The smallest absolute Gasteiger partial charge is 0.290 e. The van der Waals surface area contributed by atoms with Crippen molar-refractivity contribution in [3.8, 4) is 11.3 Å². The Morgan fingerprint density at radius 3 is 2.69 bits per heavy atom. The molecule has 0 saturated carbocycles. The van der Waals surface area contributed by atoms with Crippen LogP contribution in [0.5, 0.6) is 0 Å². The summed E-state index contributed by atoms with van der Waals surface area (Å²) in [6.07, 6.45) is 11.1. The summed E-state index contributed by atoms with van der Waals surface area (Å²) in [5, 5.41) is 7.77. The highest BCUT2D eigenvalue weighted by Gasteiger charge is 2.25. The standard InChI is InChI=1S/C29H27N7O2S/c37-27-26(39-29(38)35-27)13-22-7-10-32-28(34-22)36-11-8-19(9-12-36)14-30-15-20-5-6-25(33-16-20)24-18-31-17-21-3-1-2-4-23(21)24/h1-7,10,13,16-19,30H,8-9,11-12,14-15H2,(H,35,37,38)/b26-13+. The first-order valence-electron chi connectivity index (χ1n) is 12.9. The second-order valence-corrected chi connectivity index (χ2v) is 10.7. The van der Waals surface area contributed by atoms with Crippen molar-refractivity contribution in [1.82, 2.24) is 30.6 Å². The van der Waals surface area contributed by atoms with E-state index in [0.717, 1.165) is 78.4 Å². The minimum Gasteiger partial charge on any atom is -0.341 e. The molecule has 0 unspecified atom stereocenters. The molecule has 6 rings (SSSR count). The molecule has 2 N–H and O–H groups in total. The molecule has 0 spiro atoms. The normalized spacial score (nSPS) is 17.2. The Morgan fingerprint density at radius 2 is 1.90 bits per heavy atom. The Hall–Kier alpha value is -4.15. The summed E-state index contributed by atoms with van der Waals surface area (Å²) >= 11 is 0.890. The highest BCUT2D eigenvalue weighted by Crippen LogP contribution is 2.27. The van der Waals surface area contributed by atoms with E-state index in [-0.39, 0.29) is 11.1 Å². The number of pyridine rings is 2. The lowest BCUT2D eigenvalue weighted by Gasteiger charge is -2.32. The number of rotatable bonds is 7. The maximum atomic E-state index is 11.8. The van der Waals surface area contributed by atoms with Crippen LogP contribution in [0.1, 0.15) is 24.1 Å². The molecule has 2 saturated heterocycles. The Balaban J connectivity index is 0.995. The molecular weight excluding hydrogens is 510 g/mol. The molecule has 39 heavy (non-hydrogen) atoms. The van der Waals surface area contributed by atoms with E-state index in [1.807, 2.05) is 30.7 Å². The van der Waals surface area contributed by atoms with Gasteiger partial charge in [0, 0.05) is 55.4 Å². The molecule has 0 atom stereocenters. The first kappa shape index (κ1) is 25.1. The maximum Gasteiger partial charge on any atom is 0.290 e. The number of fused-ring (bicyclic) bond motifs is 1. The van der Waals surface area contributed by atoms with Gasteiger partial charge in [-0.2, -0.15) is 0 Å². The lowest BCUT2D eigenvalue weighted by molar-refractivity contribution is -0.115. The molecule has 0 aliphatic carbocycles. The van der Waals surface area contributed by atoms with Gasteiger partial charge in [-0.3, -0.25) is 24.9 Å². The number of carbonyl (C=O) groups excluding carboxylic acids is 2. The molecule has 0 radical (unpaired) electrons. The van der Waals surface area contributed by atoms with Crippen LogP contribution in [0.2, 0.25) is 0 Å². The van der Waals surface area contributed by atoms with E-state index in [1.54, 1.807) is 18.3 Å². The fraction of sp³-hybridized carbons (Fsp3) is 0.241. The zero-order chi connectivity index (χ0) is 26.6. The zero-order valence-corrected chi connectivity index (χ0v) is 22.0. The van der Waals surface area contributed by atoms with Gasteiger partial charge in [0.1, 0.15) is 0 Å². The Morgan fingerprint density at radius 1 is 1.03 bits per heavy atom. The predicted octanol–water partition coefficient (Wildman–Crippen LogP) is 4.42. The minimum atomic E-state index is -0.382. The number of carbonyl (C=O) groups is 2. The van der Waals surface area contributed by atoms with Crippen LogP contribution < -0.4 is 15.5 Å². The van der Waals surface area contributed by atoms with Crippen LogP contribution in [-0.4, -0.2) is 50.7 Å². The van der Waals surface area contributed by atoms with E-state index in [4.69, 9.17) is 4.98 Å². The van der Waals surface area contributed by atoms with Crippen molar-refractivity contribution < 1.29 is 9.59 Å². The van der Waals surface area contributed by atoms with E-state index in [1.165, 1.54) is 0 Å². The van der Waals surface area contributed by atoms with Gasteiger partial charge >= 0.3 is 0 Å². The van der Waals surface area contributed by atoms with Crippen molar-refractivity contribution in [1.29, 1.82) is 0 Å². The molecule has 2 amide bonds. The third-order valence-corrected chi connectivity index (χ3v) is 7.82. The fourth-order valence-electron chi connectivity index (χ4n) is 4.92. The molecule has 2 aliphatic heterocycles.